The highest BCUT2D eigenvalue weighted by molar-refractivity contribution is 6.32. The number of anilines is 1. The largest absolute Gasteiger partial charge is 0.493 e. The number of halogens is 1. The highest BCUT2D eigenvalue weighted by atomic mass is 35.5. The van der Waals surface area contributed by atoms with Crippen molar-refractivity contribution in [2.45, 2.75) is 19.1 Å². The Morgan fingerprint density at radius 1 is 1.30 bits per heavy atom. The molecule has 1 aromatic heterocycles. The summed E-state index contributed by atoms with van der Waals surface area (Å²) in [4.78, 5) is 16.1. The van der Waals surface area contributed by atoms with Crippen LogP contribution < -0.4 is 14.8 Å². The van der Waals surface area contributed by atoms with Crippen LogP contribution in [0.3, 0.4) is 0 Å². The van der Waals surface area contributed by atoms with Gasteiger partial charge in [-0.25, -0.2) is 4.68 Å². The first-order chi connectivity index (χ1) is 13.2. The summed E-state index contributed by atoms with van der Waals surface area (Å²) in [6.45, 7) is 0.370. The molecule has 1 N–H and O–H groups in total. The number of rotatable bonds is 5. The number of nitrogens with zero attached hydrogens (tertiary/aromatic N) is 3. The van der Waals surface area contributed by atoms with Crippen LogP contribution in [0.15, 0.2) is 48.8 Å². The lowest BCUT2D eigenvalue weighted by Crippen LogP contribution is -2.29. The van der Waals surface area contributed by atoms with Crippen molar-refractivity contribution in [1.82, 2.24) is 14.8 Å². The number of nitrogens with one attached hydrogen (secondary N) is 1. The number of hydrogen-bond donors (Lipinski definition) is 1. The Bertz CT molecular complexity index is 974. The van der Waals surface area contributed by atoms with Crippen LogP contribution in [0.4, 0.5) is 5.95 Å². The molecule has 0 fully saturated rings. The maximum absolute atomic E-state index is 12.0. The minimum absolute atomic E-state index is 0.125. The van der Waals surface area contributed by atoms with Gasteiger partial charge in [-0.05, 0) is 23.3 Å². The van der Waals surface area contributed by atoms with Crippen molar-refractivity contribution in [2.75, 3.05) is 12.4 Å². The SMILES string of the molecule is COc1cc([C@H]2CC(=O)Nc3ncnn32)cc(Cl)c1OCc1ccccc1. The Morgan fingerprint density at radius 2 is 2.11 bits per heavy atom. The molecule has 1 amide bonds. The summed E-state index contributed by atoms with van der Waals surface area (Å²) in [6.07, 6.45) is 1.64. The lowest BCUT2D eigenvalue weighted by atomic mass is 10.0. The van der Waals surface area contributed by atoms with E-state index < -0.39 is 0 Å². The van der Waals surface area contributed by atoms with Crippen LogP contribution in [-0.4, -0.2) is 27.8 Å². The van der Waals surface area contributed by atoms with E-state index >= 15 is 0 Å². The van der Waals surface area contributed by atoms with E-state index in [1.165, 1.54) is 6.33 Å². The number of ether oxygens (including phenoxy) is 2. The molecule has 0 spiro atoms. The zero-order chi connectivity index (χ0) is 18.8. The summed E-state index contributed by atoms with van der Waals surface area (Å²) in [5.41, 5.74) is 1.82. The Morgan fingerprint density at radius 3 is 2.89 bits per heavy atom. The molecule has 0 saturated heterocycles. The van der Waals surface area contributed by atoms with Crippen LogP contribution in [0, 0.1) is 0 Å². The van der Waals surface area contributed by atoms with Crippen LogP contribution in [0.25, 0.3) is 0 Å². The maximum atomic E-state index is 12.0. The number of aromatic nitrogens is 3. The third-order valence-corrected chi connectivity index (χ3v) is 4.64. The molecule has 4 rings (SSSR count). The highest BCUT2D eigenvalue weighted by Crippen LogP contribution is 2.40. The van der Waals surface area contributed by atoms with E-state index in [-0.39, 0.29) is 18.4 Å². The number of fused-ring (bicyclic) bond motifs is 1. The Balaban J connectivity index is 1.65. The molecule has 0 unspecified atom stereocenters. The molecule has 7 nitrogen and oxygen atoms in total. The van der Waals surface area contributed by atoms with Gasteiger partial charge in [-0.15, -0.1) is 0 Å². The minimum Gasteiger partial charge on any atom is -0.493 e. The lowest BCUT2D eigenvalue weighted by molar-refractivity contribution is -0.117. The third-order valence-electron chi connectivity index (χ3n) is 4.36. The van der Waals surface area contributed by atoms with Crippen LogP contribution in [0.1, 0.15) is 23.6 Å². The lowest BCUT2D eigenvalue weighted by Gasteiger charge is -2.24. The van der Waals surface area contributed by atoms with E-state index in [0.29, 0.717) is 29.1 Å². The maximum Gasteiger partial charge on any atom is 0.229 e. The molecule has 0 bridgehead atoms. The van der Waals surface area contributed by atoms with Crippen molar-refractivity contribution in [3.8, 4) is 11.5 Å². The fraction of sp³-hybridized carbons (Fsp3) is 0.211. The first-order valence-corrected chi connectivity index (χ1v) is 8.77. The second-order valence-electron chi connectivity index (χ2n) is 6.10. The molecule has 27 heavy (non-hydrogen) atoms. The van der Waals surface area contributed by atoms with Gasteiger partial charge in [-0.3, -0.25) is 10.1 Å². The van der Waals surface area contributed by atoms with E-state index in [9.17, 15) is 4.79 Å². The third kappa shape index (κ3) is 3.46. The number of carbonyl (C=O) groups is 1. The quantitative estimate of drug-likeness (QED) is 0.729. The van der Waals surface area contributed by atoms with Crippen molar-refractivity contribution < 1.29 is 14.3 Å². The molecular weight excluding hydrogens is 368 g/mol. The molecule has 0 radical (unpaired) electrons. The van der Waals surface area contributed by atoms with E-state index in [4.69, 9.17) is 21.1 Å². The van der Waals surface area contributed by atoms with Crippen LogP contribution in [0.5, 0.6) is 11.5 Å². The number of amides is 1. The first-order valence-electron chi connectivity index (χ1n) is 8.39. The number of hydrogen-bond acceptors (Lipinski definition) is 5. The fourth-order valence-electron chi connectivity index (χ4n) is 3.07. The summed E-state index contributed by atoms with van der Waals surface area (Å²) in [5, 5.41) is 7.31. The molecule has 2 heterocycles. The van der Waals surface area contributed by atoms with Gasteiger partial charge in [0.2, 0.25) is 11.9 Å². The van der Waals surface area contributed by atoms with Crippen LogP contribution in [0.2, 0.25) is 5.02 Å². The van der Waals surface area contributed by atoms with Crippen LogP contribution >= 0.6 is 11.6 Å². The van der Waals surface area contributed by atoms with Gasteiger partial charge in [-0.2, -0.15) is 10.1 Å². The van der Waals surface area contributed by atoms with Gasteiger partial charge in [0, 0.05) is 0 Å². The highest BCUT2D eigenvalue weighted by Gasteiger charge is 2.29. The molecule has 8 heteroatoms. The van der Waals surface area contributed by atoms with Crippen LogP contribution in [-0.2, 0) is 11.4 Å². The Labute approximate surface area is 160 Å². The summed E-state index contributed by atoms with van der Waals surface area (Å²) in [6, 6.07) is 13.1. The van der Waals surface area contributed by atoms with Gasteiger partial charge in [0.1, 0.15) is 12.9 Å². The molecule has 1 aliphatic heterocycles. The van der Waals surface area contributed by atoms with E-state index in [0.717, 1.165) is 11.1 Å². The van der Waals surface area contributed by atoms with Gasteiger partial charge in [0.15, 0.2) is 11.5 Å². The normalized spacial score (nSPS) is 15.8. The standard InChI is InChI=1S/C19H17ClN4O3/c1-26-16-8-13(15-9-17(25)23-19-21-11-22-24(15)19)7-14(20)18(16)27-10-12-5-3-2-4-6-12/h2-8,11,15H,9-10H2,1H3,(H,21,22,23,25)/t15-/m1/s1. The molecule has 1 aliphatic rings. The van der Waals surface area contributed by atoms with Crippen molar-refractivity contribution in [3.63, 3.8) is 0 Å². The summed E-state index contributed by atoms with van der Waals surface area (Å²) in [7, 11) is 1.55. The Kier molecular flexibility index (Phi) is 4.68. The molecule has 3 aromatic rings. The number of methoxy groups -OCH3 is 1. The van der Waals surface area contributed by atoms with Crippen molar-refractivity contribution in [1.29, 1.82) is 0 Å². The van der Waals surface area contributed by atoms with Gasteiger partial charge in [0.05, 0.1) is 24.6 Å². The second kappa shape index (κ2) is 7.28. The predicted molar refractivity (Wildman–Crippen MR) is 100 cm³/mol. The number of carbonyl (C=O) groups excluding carboxylic acids is 1. The van der Waals surface area contributed by atoms with Gasteiger partial charge in [-0.1, -0.05) is 41.9 Å². The first kappa shape index (κ1) is 17.4. The average Bonchev–Trinajstić information content (AvgIpc) is 3.15. The van der Waals surface area contributed by atoms with E-state index in [2.05, 4.69) is 15.4 Å². The summed E-state index contributed by atoms with van der Waals surface area (Å²) < 4.78 is 13.0. The molecule has 1 atom stereocenters. The van der Waals surface area contributed by atoms with Crippen molar-refractivity contribution in [3.05, 3.63) is 64.9 Å². The van der Waals surface area contributed by atoms with Crippen molar-refractivity contribution in [2.24, 2.45) is 0 Å². The zero-order valence-electron chi connectivity index (χ0n) is 14.6. The minimum atomic E-state index is -0.314. The molecule has 0 aliphatic carbocycles. The Hall–Kier alpha value is -3.06. The van der Waals surface area contributed by atoms with E-state index in [1.807, 2.05) is 36.4 Å². The van der Waals surface area contributed by atoms with Gasteiger partial charge >= 0.3 is 0 Å². The van der Waals surface area contributed by atoms with Gasteiger partial charge in [0.25, 0.3) is 0 Å². The van der Waals surface area contributed by atoms with E-state index in [1.54, 1.807) is 17.9 Å². The molecule has 138 valence electrons. The molecule has 0 saturated carbocycles. The zero-order valence-corrected chi connectivity index (χ0v) is 15.3. The molecular formula is C19H17ClN4O3. The number of benzene rings is 2. The predicted octanol–water partition coefficient (Wildman–Crippen LogP) is 3.45. The second-order valence-corrected chi connectivity index (χ2v) is 6.51. The van der Waals surface area contributed by atoms with Crippen molar-refractivity contribution >= 4 is 23.5 Å². The molecule has 2 aromatic carbocycles. The monoisotopic (exact) mass is 384 g/mol. The summed E-state index contributed by atoms with van der Waals surface area (Å²) >= 11 is 6.49. The van der Waals surface area contributed by atoms with Gasteiger partial charge < -0.3 is 9.47 Å². The summed E-state index contributed by atoms with van der Waals surface area (Å²) in [5.74, 6) is 1.25. The fourth-order valence-corrected chi connectivity index (χ4v) is 3.34. The smallest absolute Gasteiger partial charge is 0.229 e. The average molecular weight is 385 g/mol. The topological polar surface area (TPSA) is 78.3 Å².